The predicted octanol–water partition coefficient (Wildman–Crippen LogP) is 4.23. The van der Waals surface area contributed by atoms with Crippen molar-refractivity contribution in [2.75, 3.05) is 5.75 Å². The van der Waals surface area contributed by atoms with E-state index in [1.54, 1.807) is 11.8 Å². The number of thioether (sulfide) groups is 1. The van der Waals surface area contributed by atoms with Crippen molar-refractivity contribution < 1.29 is 4.79 Å². The normalized spacial score (nSPS) is 32.3. The van der Waals surface area contributed by atoms with E-state index in [1.807, 2.05) is 18.2 Å². The van der Waals surface area contributed by atoms with Gasteiger partial charge in [-0.3, -0.25) is 4.79 Å². The average molecular weight is 370 g/mol. The molecule has 1 N–H and O–H groups in total. The summed E-state index contributed by atoms with van der Waals surface area (Å²) in [6.45, 7) is 3.01. The third-order valence-corrected chi connectivity index (χ3v) is 7.69. The van der Waals surface area contributed by atoms with Gasteiger partial charge in [0.2, 0.25) is 5.91 Å². The quantitative estimate of drug-likeness (QED) is 0.802. The fourth-order valence-electron chi connectivity index (χ4n) is 6.19. The zero-order valence-electron chi connectivity index (χ0n) is 15.4. The number of carbonyl (C=O) groups excluding carboxylic acids is 1. The maximum absolute atomic E-state index is 12.7. The van der Waals surface area contributed by atoms with Crippen molar-refractivity contribution >= 4 is 28.7 Å². The predicted molar refractivity (Wildman–Crippen MR) is 105 cm³/mol. The lowest BCUT2D eigenvalue weighted by Crippen LogP contribution is -2.60. The molecule has 1 amide bonds. The zero-order valence-corrected chi connectivity index (χ0v) is 16.2. The second kappa shape index (κ2) is 6.29. The van der Waals surface area contributed by atoms with Gasteiger partial charge in [-0.2, -0.15) is 0 Å². The largest absolute Gasteiger partial charge is 0.350 e. The number of hydrogen-bond donors (Lipinski definition) is 1. The fourth-order valence-corrected chi connectivity index (χ4v) is 7.07. The first-order valence-corrected chi connectivity index (χ1v) is 11.0. The van der Waals surface area contributed by atoms with Gasteiger partial charge in [0, 0.05) is 12.1 Å². The molecule has 2 aromatic rings. The number of aryl methyl sites for hydroxylation is 1. The van der Waals surface area contributed by atoms with Gasteiger partial charge < -0.3 is 9.88 Å². The summed E-state index contributed by atoms with van der Waals surface area (Å²) in [4.78, 5) is 17.5. The molecule has 0 aliphatic heterocycles. The molecule has 0 radical (unpaired) electrons. The number of carbonyl (C=O) groups is 1. The Bertz CT molecular complexity index is 808. The van der Waals surface area contributed by atoms with Crippen LogP contribution in [0.5, 0.6) is 0 Å². The van der Waals surface area contributed by atoms with Crippen LogP contribution in [-0.2, 0) is 11.3 Å². The Balaban J connectivity index is 1.27. The Morgan fingerprint density at radius 2 is 1.85 bits per heavy atom. The molecular weight excluding hydrogens is 342 g/mol. The van der Waals surface area contributed by atoms with Gasteiger partial charge >= 0.3 is 0 Å². The topological polar surface area (TPSA) is 46.9 Å². The minimum Gasteiger partial charge on any atom is -0.350 e. The molecule has 4 saturated carbocycles. The third-order valence-electron chi connectivity index (χ3n) is 6.71. The Morgan fingerprint density at radius 1 is 1.19 bits per heavy atom. The van der Waals surface area contributed by atoms with Crippen molar-refractivity contribution in [1.82, 2.24) is 14.9 Å². The lowest BCUT2D eigenvalue weighted by atomic mass is 9.53. The van der Waals surface area contributed by atoms with E-state index in [0.717, 1.165) is 40.5 Å². The molecule has 4 bridgehead atoms. The van der Waals surface area contributed by atoms with Crippen LogP contribution in [0.15, 0.2) is 29.4 Å². The number of hydrogen-bond acceptors (Lipinski definition) is 3. The molecule has 138 valence electrons. The van der Waals surface area contributed by atoms with Gasteiger partial charge in [-0.05, 0) is 75.3 Å². The molecule has 5 heteroatoms. The molecule has 0 spiro atoms. The van der Waals surface area contributed by atoms with Crippen LogP contribution < -0.4 is 5.32 Å². The average Bonchev–Trinajstić information content (AvgIpc) is 2.96. The van der Waals surface area contributed by atoms with Crippen LogP contribution in [0.2, 0.25) is 0 Å². The number of nitrogens with zero attached hydrogens (tertiary/aromatic N) is 2. The van der Waals surface area contributed by atoms with Gasteiger partial charge in [0.05, 0.1) is 16.8 Å². The lowest BCUT2D eigenvalue weighted by molar-refractivity contribution is -0.124. The van der Waals surface area contributed by atoms with Crippen LogP contribution in [0.3, 0.4) is 0 Å². The van der Waals surface area contributed by atoms with Gasteiger partial charge in [0.25, 0.3) is 0 Å². The molecule has 4 nitrogen and oxygen atoms in total. The first-order valence-electron chi connectivity index (χ1n) is 10.0. The van der Waals surface area contributed by atoms with E-state index in [0.29, 0.717) is 5.75 Å². The second-order valence-corrected chi connectivity index (χ2v) is 9.60. The minimum atomic E-state index is 0.108. The highest BCUT2D eigenvalue weighted by Crippen LogP contribution is 2.55. The molecule has 0 atom stereocenters. The number of rotatable bonds is 5. The summed E-state index contributed by atoms with van der Waals surface area (Å²) in [7, 11) is 0. The third kappa shape index (κ3) is 2.84. The number of amides is 1. The molecule has 4 aliphatic rings. The van der Waals surface area contributed by atoms with Crippen LogP contribution in [0.25, 0.3) is 11.0 Å². The summed E-state index contributed by atoms with van der Waals surface area (Å²) < 4.78 is 2.21. The van der Waals surface area contributed by atoms with E-state index >= 15 is 0 Å². The molecule has 26 heavy (non-hydrogen) atoms. The molecule has 0 unspecified atom stereocenters. The summed E-state index contributed by atoms with van der Waals surface area (Å²) in [5.41, 5.74) is 2.27. The molecule has 4 fully saturated rings. The molecule has 1 heterocycles. The van der Waals surface area contributed by atoms with Crippen LogP contribution >= 0.6 is 11.8 Å². The van der Waals surface area contributed by atoms with Crippen LogP contribution in [0.4, 0.5) is 0 Å². The number of fused-ring (bicyclic) bond motifs is 1. The van der Waals surface area contributed by atoms with Crippen LogP contribution in [0.1, 0.15) is 45.4 Å². The highest BCUT2D eigenvalue weighted by atomic mass is 32.2. The number of para-hydroxylation sites is 2. The first-order chi connectivity index (χ1) is 12.6. The minimum absolute atomic E-state index is 0.108. The summed E-state index contributed by atoms with van der Waals surface area (Å²) >= 11 is 1.57. The van der Waals surface area contributed by atoms with E-state index in [-0.39, 0.29) is 11.4 Å². The standard InChI is InChI=1S/C21H27N3OS/c1-2-24-18-6-4-3-5-17(18)22-20(24)26-13-19(25)23-21-10-14-7-15(11-21)9-16(8-14)12-21/h3-6,14-16H,2,7-13H2,1H3,(H,23,25). The Kier molecular flexibility index (Phi) is 4.03. The van der Waals surface area contributed by atoms with Crippen molar-refractivity contribution in [2.45, 2.75) is 62.7 Å². The first kappa shape index (κ1) is 16.7. The van der Waals surface area contributed by atoms with Crippen molar-refractivity contribution in [1.29, 1.82) is 0 Å². The van der Waals surface area contributed by atoms with E-state index < -0.39 is 0 Å². The Morgan fingerprint density at radius 3 is 2.50 bits per heavy atom. The maximum atomic E-state index is 12.7. The van der Waals surface area contributed by atoms with Crippen molar-refractivity contribution in [3.63, 3.8) is 0 Å². The summed E-state index contributed by atoms with van der Waals surface area (Å²) in [6.07, 6.45) is 7.85. The Hall–Kier alpha value is -1.49. The van der Waals surface area contributed by atoms with Gasteiger partial charge in [-0.1, -0.05) is 23.9 Å². The zero-order chi connectivity index (χ0) is 17.7. The van der Waals surface area contributed by atoms with Gasteiger partial charge in [-0.25, -0.2) is 4.98 Å². The Labute approximate surface area is 159 Å². The monoisotopic (exact) mass is 369 g/mol. The molecule has 4 aliphatic carbocycles. The number of benzene rings is 1. The summed E-state index contributed by atoms with van der Waals surface area (Å²) in [5, 5.41) is 4.42. The van der Waals surface area contributed by atoms with Gasteiger partial charge in [-0.15, -0.1) is 0 Å². The van der Waals surface area contributed by atoms with Crippen molar-refractivity contribution in [2.24, 2.45) is 17.8 Å². The van der Waals surface area contributed by atoms with E-state index in [4.69, 9.17) is 4.98 Å². The van der Waals surface area contributed by atoms with Gasteiger partial charge in [0.1, 0.15) is 0 Å². The van der Waals surface area contributed by atoms with E-state index in [2.05, 4.69) is 22.9 Å². The van der Waals surface area contributed by atoms with E-state index in [1.165, 1.54) is 38.5 Å². The van der Waals surface area contributed by atoms with E-state index in [9.17, 15) is 4.79 Å². The molecule has 6 rings (SSSR count). The molecular formula is C21H27N3OS. The van der Waals surface area contributed by atoms with Crippen LogP contribution in [-0.4, -0.2) is 26.8 Å². The smallest absolute Gasteiger partial charge is 0.230 e. The van der Waals surface area contributed by atoms with Gasteiger partial charge in [0.15, 0.2) is 5.16 Å². The SMILES string of the molecule is CCn1c(SCC(=O)NC23CC4CC(CC(C4)C2)C3)nc2ccccc21. The maximum Gasteiger partial charge on any atom is 0.230 e. The van der Waals surface area contributed by atoms with Crippen molar-refractivity contribution in [3.05, 3.63) is 24.3 Å². The molecule has 1 aromatic heterocycles. The second-order valence-electron chi connectivity index (χ2n) is 8.66. The summed E-state index contributed by atoms with van der Waals surface area (Å²) in [5.74, 6) is 3.23. The highest BCUT2D eigenvalue weighted by Gasteiger charge is 2.51. The number of imidazole rings is 1. The molecule has 1 aromatic carbocycles. The molecule has 0 saturated heterocycles. The summed E-state index contributed by atoms with van der Waals surface area (Å²) in [6, 6.07) is 8.21. The van der Waals surface area contributed by atoms with Crippen LogP contribution in [0, 0.1) is 17.8 Å². The van der Waals surface area contributed by atoms with Crippen molar-refractivity contribution in [3.8, 4) is 0 Å². The number of nitrogens with one attached hydrogen (secondary N) is 1. The number of aromatic nitrogens is 2. The highest BCUT2D eigenvalue weighted by molar-refractivity contribution is 7.99. The fraction of sp³-hybridized carbons (Fsp3) is 0.619. The lowest BCUT2D eigenvalue weighted by Gasteiger charge is -2.56.